The Hall–Kier alpha value is -1.53. The van der Waals surface area contributed by atoms with Gasteiger partial charge in [0.15, 0.2) is 0 Å². The molecule has 0 saturated carbocycles. The Labute approximate surface area is 100 Å². The maximum atomic E-state index is 12.0. The number of rotatable bonds is 4. The highest BCUT2D eigenvalue weighted by atomic mass is 32.2. The van der Waals surface area contributed by atoms with Gasteiger partial charge >= 0.3 is 0 Å². The van der Waals surface area contributed by atoms with Gasteiger partial charge in [0, 0.05) is 13.6 Å². The summed E-state index contributed by atoms with van der Waals surface area (Å²) in [5.74, 6) is 0. The lowest BCUT2D eigenvalue weighted by molar-refractivity contribution is 0.0869. The Morgan fingerprint density at radius 1 is 1.29 bits per heavy atom. The largest absolute Gasteiger partial charge is 0.460 e. The molecule has 0 aromatic heterocycles. The maximum Gasteiger partial charge on any atom is 0.279 e. The molecule has 92 valence electrons. The van der Waals surface area contributed by atoms with Crippen molar-refractivity contribution in [2.75, 3.05) is 13.8 Å². The summed E-state index contributed by atoms with van der Waals surface area (Å²) >= 11 is 0. The second-order valence-corrected chi connectivity index (χ2v) is 5.59. The van der Waals surface area contributed by atoms with Gasteiger partial charge in [-0.3, -0.25) is 0 Å². The van der Waals surface area contributed by atoms with Crippen LogP contribution < -0.4 is 0 Å². The fourth-order valence-electron chi connectivity index (χ4n) is 1.44. The number of hydrogen-bond donors (Lipinski definition) is 0. The Morgan fingerprint density at radius 3 is 2.59 bits per heavy atom. The number of hydrogen-bond acceptors (Lipinski definition) is 4. The van der Waals surface area contributed by atoms with Crippen LogP contribution in [0.25, 0.3) is 0 Å². The van der Waals surface area contributed by atoms with Crippen LogP contribution >= 0.6 is 0 Å². The molecule has 5 nitrogen and oxygen atoms in total. The Morgan fingerprint density at radius 2 is 2.00 bits per heavy atom. The molecular weight excluding hydrogens is 242 g/mol. The molecule has 2 rings (SSSR count). The first-order valence-electron chi connectivity index (χ1n) is 5.05. The molecule has 0 fully saturated rings. The molecule has 1 aliphatic rings. The van der Waals surface area contributed by atoms with E-state index in [1.165, 1.54) is 11.4 Å². The summed E-state index contributed by atoms with van der Waals surface area (Å²) in [6.45, 7) is 0.248. The molecule has 0 radical (unpaired) electrons. The van der Waals surface area contributed by atoms with E-state index < -0.39 is 10.0 Å². The molecule has 6 heteroatoms. The molecule has 0 amide bonds. The monoisotopic (exact) mass is 255 g/mol. The quantitative estimate of drug-likeness (QED) is 0.812. The van der Waals surface area contributed by atoms with E-state index in [1.807, 2.05) is 30.3 Å². The van der Waals surface area contributed by atoms with Gasteiger partial charge in [0.05, 0.1) is 0 Å². The molecule has 0 unspecified atom stereocenters. The van der Waals surface area contributed by atoms with Crippen LogP contribution in [0.2, 0.25) is 0 Å². The smallest absolute Gasteiger partial charge is 0.279 e. The van der Waals surface area contributed by atoms with E-state index in [2.05, 4.69) is 0 Å². The molecule has 0 atom stereocenters. The zero-order chi connectivity index (χ0) is 12.3. The van der Waals surface area contributed by atoms with Crippen molar-refractivity contribution >= 4 is 10.0 Å². The molecule has 0 spiro atoms. The van der Waals surface area contributed by atoms with Crippen LogP contribution in [0.4, 0.5) is 0 Å². The van der Waals surface area contributed by atoms with Crippen LogP contribution in [-0.4, -0.2) is 26.6 Å². The van der Waals surface area contributed by atoms with E-state index >= 15 is 0 Å². The first-order chi connectivity index (χ1) is 8.10. The number of sulfonamides is 1. The Bertz CT molecular complexity index is 510. The van der Waals surface area contributed by atoms with Crippen molar-refractivity contribution in [3.8, 4) is 0 Å². The van der Waals surface area contributed by atoms with Crippen LogP contribution in [0.3, 0.4) is 0 Å². The third-order valence-corrected chi connectivity index (χ3v) is 4.03. The summed E-state index contributed by atoms with van der Waals surface area (Å²) in [5, 5.41) is -0.143. The van der Waals surface area contributed by atoms with E-state index in [0.29, 0.717) is 6.54 Å². The minimum absolute atomic E-state index is 0.0479. The first-order valence-corrected chi connectivity index (χ1v) is 6.49. The molecule has 0 bridgehead atoms. The normalized spacial score (nSPS) is 15.3. The predicted octanol–water partition coefficient (Wildman–Crippen LogP) is 1.25. The van der Waals surface area contributed by atoms with E-state index in [4.69, 9.17) is 9.47 Å². The zero-order valence-corrected chi connectivity index (χ0v) is 10.2. The third-order valence-electron chi connectivity index (χ3n) is 2.36. The van der Waals surface area contributed by atoms with Crippen molar-refractivity contribution < 1.29 is 17.9 Å². The second kappa shape index (κ2) is 4.77. The standard InChI is InChI=1S/C11H13NO4S/c1-12(7-10-5-3-2-4-6-10)17(13,14)11-8-15-9-16-11/h2-6,8H,7,9H2,1H3. The lowest BCUT2D eigenvalue weighted by atomic mass is 10.2. The fourth-order valence-corrected chi connectivity index (χ4v) is 2.46. The SMILES string of the molecule is CN(Cc1ccccc1)S(=O)(=O)C1=COCO1. The predicted molar refractivity (Wildman–Crippen MR) is 61.9 cm³/mol. The van der Waals surface area contributed by atoms with Crippen molar-refractivity contribution in [1.82, 2.24) is 4.31 Å². The average molecular weight is 255 g/mol. The van der Waals surface area contributed by atoms with Gasteiger partial charge < -0.3 is 9.47 Å². The van der Waals surface area contributed by atoms with Gasteiger partial charge in [-0.1, -0.05) is 30.3 Å². The van der Waals surface area contributed by atoms with E-state index in [0.717, 1.165) is 11.8 Å². The first kappa shape index (κ1) is 11.9. The molecule has 0 N–H and O–H groups in total. The van der Waals surface area contributed by atoms with Gasteiger partial charge in [0.1, 0.15) is 6.26 Å². The zero-order valence-electron chi connectivity index (χ0n) is 9.37. The van der Waals surface area contributed by atoms with Gasteiger partial charge in [0.25, 0.3) is 15.1 Å². The summed E-state index contributed by atoms with van der Waals surface area (Å²) in [7, 11) is -2.08. The van der Waals surface area contributed by atoms with Crippen molar-refractivity contribution in [2.24, 2.45) is 0 Å². The second-order valence-electron chi connectivity index (χ2n) is 3.61. The summed E-state index contributed by atoms with van der Waals surface area (Å²) < 4.78 is 34.8. The molecule has 0 saturated heterocycles. The highest BCUT2D eigenvalue weighted by molar-refractivity contribution is 7.92. The summed E-state index contributed by atoms with van der Waals surface area (Å²) in [6, 6.07) is 9.35. The maximum absolute atomic E-state index is 12.0. The van der Waals surface area contributed by atoms with Crippen LogP contribution in [-0.2, 0) is 26.0 Å². The topological polar surface area (TPSA) is 55.8 Å². The number of ether oxygens (including phenoxy) is 2. The molecule has 1 aliphatic heterocycles. The molecular formula is C11H13NO4S. The third kappa shape index (κ3) is 2.59. The van der Waals surface area contributed by atoms with E-state index in [9.17, 15) is 8.42 Å². The molecule has 1 aromatic rings. The van der Waals surface area contributed by atoms with E-state index in [1.54, 1.807) is 0 Å². The average Bonchev–Trinajstić information content (AvgIpc) is 2.84. The highest BCUT2D eigenvalue weighted by Crippen LogP contribution is 2.19. The van der Waals surface area contributed by atoms with Gasteiger partial charge in [-0.05, 0) is 5.56 Å². The molecule has 1 aromatic carbocycles. The van der Waals surface area contributed by atoms with Crippen molar-refractivity contribution in [3.63, 3.8) is 0 Å². The van der Waals surface area contributed by atoms with E-state index in [-0.39, 0.29) is 11.9 Å². The lowest BCUT2D eigenvalue weighted by Crippen LogP contribution is -2.27. The van der Waals surface area contributed by atoms with Crippen molar-refractivity contribution in [3.05, 3.63) is 47.2 Å². The Kier molecular flexibility index (Phi) is 3.35. The van der Waals surface area contributed by atoms with Crippen LogP contribution in [0.15, 0.2) is 41.7 Å². The van der Waals surface area contributed by atoms with Crippen LogP contribution in [0.5, 0.6) is 0 Å². The van der Waals surface area contributed by atoms with Gasteiger partial charge in [-0.2, -0.15) is 4.31 Å². The number of benzene rings is 1. The van der Waals surface area contributed by atoms with Gasteiger partial charge in [-0.25, -0.2) is 8.42 Å². The Balaban J connectivity index is 2.12. The number of nitrogens with zero attached hydrogens (tertiary/aromatic N) is 1. The summed E-state index contributed by atoms with van der Waals surface area (Å²) in [4.78, 5) is 0. The molecule has 1 heterocycles. The van der Waals surface area contributed by atoms with Crippen LogP contribution in [0.1, 0.15) is 5.56 Å². The molecule has 17 heavy (non-hydrogen) atoms. The van der Waals surface area contributed by atoms with Crippen molar-refractivity contribution in [1.29, 1.82) is 0 Å². The van der Waals surface area contributed by atoms with Gasteiger partial charge in [-0.15, -0.1) is 0 Å². The minimum atomic E-state index is -3.59. The fraction of sp³-hybridized carbons (Fsp3) is 0.273. The lowest BCUT2D eigenvalue weighted by Gasteiger charge is -2.16. The summed E-state index contributed by atoms with van der Waals surface area (Å²) in [5.41, 5.74) is 0.915. The van der Waals surface area contributed by atoms with Crippen molar-refractivity contribution in [2.45, 2.75) is 6.54 Å². The highest BCUT2D eigenvalue weighted by Gasteiger charge is 2.28. The summed E-state index contributed by atoms with van der Waals surface area (Å²) in [6.07, 6.45) is 1.12. The molecule has 0 aliphatic carbocycles. The minimum Gasteiger partial charge on any atom is -0.460 e. The van der Waals surface area contributed by atoms with Crippen LogP contribution in [0, 0.1) is 0 Å². The van der Waals surface area contributed by atoms with Gasteiger partial charge in [0.2, 0.25) is 6.79 Å².